The highest BCUT2D eigenvalue weighted by atomic mass is 16.2. The van der Waals surface area contributed by atoms with Crippen molar-refractivity contribution in [3.05, 3.63) is 90.1 Å². The highest BCUT2D eigenvalue weighted by Gasteiger charge is 2.22. The third kappa shape index (κ3) is 5.82. The first-order chi connectivity index (χ1) is 18.2. The van der Waals surface area contributed by atoms with Crippen molar-refractivity contribution >= 4 is 23.3 Å². The highest BCUT2D eigenvalue weighted by molar-refractivity contribution is 6.00. The van der Waals surface area contributed by atoms with Gasteiger partial charge in [0.05, 0.1) is 22.9 Å². The summed E-state index contributed by atoms with van der Waals surface area (Å²) in [5.41, 5.74) is 5.57. The normalized spacial score (nSPS) is 10.8. The average molecular weight is 506 g/mol. The van der Waals surface area contributed by atoms with E-state index in [1.54, 1.807) is 63.8 Å². The van der Waals surface area contributed by atoms with Crippen molar-refractivity contribution in [1.29, 1.82) is 5.26 Å². The minimum absolute atomic E-state index is 0.271. The van der Waals surface area contributed by atoms with E-state index in [9.17, 15) is 14.9 Å². The van der Waals surface area contributed by atoms with Gasteiger partial charge in [-0.15, -0.1) is 0 Å². The smallest absolute Gasteiger partial charge is 0.323 e. The van der Waals surface area contributed by atoms with Gasteiger partial charge in [0.25, 0.3) is 5.91 Å². The molecular formula is C29H27N7O2. The Labute approximate surface area is 221 Å². The molecule has 190 valence electrons. The van der Waals surface area contributed by atoms with Crippen LogP contribution in [0.25, 0.3) is 22.4 Å². The van der Waals surface area contributed by atoms with Gasteiger partial charge in [0.2, 0.25) is 0 Å². The number of amides is 3. The second-order valence-corrected chi connectivity index (χ2v) is 9.21. The summed E-state index contributed by atoms with van der Waals surface area (Å²) in [6, 6.07) is 18.1. The number of urea groups is 1. The lowest BCUT2D eigenvalue weighted by molar-refractivity contribution is 0.0958. The Hall–Kier alpha value is -5.10. The number of rotatable bonds is 6. The fourth-order valence-corrected chi connectivity index (χ4v) is 3.81. The molecule has 0 atom stereocenters. The van der Waals surface area contributed by atoms with Gasteiger partial charge < -0.3 is 16.0 Å². The number of aromatic nitrogens is 3. The van der Waals surface area contributed by atoms with E-state index in [0.717, 1.165) is 22.3 Å². The Morgan fingerprint density at radius 1 is 0.842 bits per heavy atom. The number of pyridine rings is 3. The predicted octanol–water partition coefficient (Wildman–Crippen LogP) is 5.32. The minimum atomic E-state index is -0.774. The summed E-state index contributed by atoms with van der Waals surface area (Å²) in [5, 5.41) is 17.6. The number of nitrogens with one attached hydrogen (secondary N) is 3. The van der Waals surface area contributed by atoms with E-state index >= 15 is 0 Å². The second-order valence-electron chi connectivity index (χ2n) is 9.21. The Bertz CT molecular complexity index is 1560. The summed E-state index contributed by atoms with van der Waals surface area (Å²) in [6.45, 7) is 5.53. The molecule has 0 saturated carbocycles. The summed E-state index contributed by atoms with van der Waals surface area (Å²) in [5.74, 6) is -0.271. The van der Waals surface area contributed by atoms with Crippen LogP contribution >= 0.6 is 0 Å². The Morgan fingerprint density at radius 2 is 1.53 bits per heavy atom. The van der Waals surface area contributed by atoms with Gasteiger partial charge in [-0.25, -0.2) is 4.79 Å². The highest BCUT2D eigenvalue weighted by Crippen LogP contribution is 2.30. The van der Waals surface area contributed by atoms with Crippen molar-refractivity contribution in [3.8, 4) is 28.5 Å². The van der Waals surface area contributed by atoms with Crippen molar-refractivity contribution in [1.82, 2.24) is 20.3 Å². The number of anilines is 2. The summed E-state index contributed by atoms with van der Waals surface area (Å²) in [4.78, 5) is 37.6. The molecule has 0 spiro atoms. The molecule has 3 N–H and O–H groups in total. The number of carbonyl (C=O) groups excluding carboxylic acids is 2. The molecule has 4 aromatic rings. The maximum atomic E-state index is 12.7. The molecule has 0 aliphatic rings. The van der Waals surface area contributed by atoms with Crippen LogP contribution in [-0.4, -0.2) is 33.9 Å². The summed E-state index contributed by atoms with van der Waals surface area (Å²) < 4.78 is 0. The van der Waals surface area contributed by atoms with E-state index in [1.165, 1.54) is 0 Å². The first kappa shape index (κ1) is 26.0. The van der Waals surface area contributed by atoms with Crippen molar-refractivity contribution in [3.63, 3.8) is 0 Å². The van der Waals surface area contributed by atoms with Crippen molar-refractivity contribution in [2.75, 3.05) is 17.7 Å². The van der Waals surface area contributed by atoms with E-state index in [-0.39, 0.29) is 5.91 Å². The molecule has 4 rings (SSSR count). The number of hydrogen-bond donors (Lipinski definition) is 3. The molecule has 0 bridgehead atoms. The van der Waals surface area contributed by atoms with Gasteiger partial charge in [0.15, 0.2) is 0 Å². The van der Waals surface area contributed by atoms with Crippen LogP contribution in [0.2, 0.25) is 0 Å². The van der Waals surface area contributed by atoms with Gasteiger partial charge in [0, 0.05) is 42.6 Å². The molecule has 0 aliphatic carbocycles. The molecule has 9 heteroatoms. The van der Waals surface area contributed by atoms with Crippen molar-refractivity contribution in [2.24, 2.45) is 0 Å². The monoisotopic (exact) mass is 505 g/mol. The lowest BCUT2D eigenvalue weighted by Crippen LogP contribution is -2.21. The molecule has 3 amide bonds. The van der Waals surface area contributed by atoms with Gasteiger partial charge in [-0.1, -0.05) is 6.07 Å². The van der Waals surface area contributed by atoms with E-state index in [2.05, 4.69) is 37.0 Å². The number of benzene rings is 1. The third-order valence-electron chi connectivity index (χ3n) is 6.02. The molecular weight excluding hydrogens is 478 g/mol. The van der Waals surface area contributed by atoms with Gasteiger partial charge in [-0.3, -0.25) is 19.7 Å². The topological polar surface area (TPSA) is 133 Å². The number of aryl methyl sites for hydroxylation is 1. The zero-order valence-electron chi connectivity index (χ0n) is 21.5. The fraction of sp³-hybridized carbons (Fsp3) is 0.172. The van der Waals surface area contributed by atoms with Gasteiger partial charge >= 0.3 is 6.03 Å². The molecule has 0 unspecified atom stereocenters. The maximum Gasteiger partial charge on any atom is 0.323 e. The SMILES string of the molecule is CNC(=O)c1cc(-c2cc(-c3cc(NC(=O)Nc4ccnc(C(C)(C)C#N)c4)ccc3C)ccn2)ccn1. The fourth-order valence-electron chi connectivity index (χ4n) is 3.81. The van der Waals surface area contributed by atoms with Crippen LogP contribution < -0.4 is 16.0 Å². The predicted molar refractivity (Wildman–Crippen MR) is 147 cm³/mol. The lowest BCUT2D eigenvalue weighted by atomic mass is 9.91. The number of carbonyl (C=O) groups is 2. The summed E-state index contributed by atoms with van der Waals surface area (Å²) >= 11 is 0. The van der Waals surface area contributed by atoms with E-state index in [1.807, 2.05) is 37.3 Å². The van der Waals surface area contributed by atoms with Crippen LogP contribution in [-0.2, 0) is 5.41 Å². The zero-order valence-corrected chi connectivity index (χ0v) is 21.5. The van der Waals surface area contributed by atoms with Gasteiger partial charge in [-0.05, 0) is 86.0 Å². The van der Waals surface area contributed by atoms with E-state index < -0.39 is 11.4 Å². The first-order valence-electron chi connectivity index (χ1n) is 11.9. The van der Waals surface area contributed by atoms with Crippen LogP contribution in [0, 0.1) is 18.3 Å². The molecule has 3 aromatic heterocycles. The Kier molecular flexibility index (Phi) is 7.44. The quantitative estimate of drug-likeness (QED) is 0.325. The molecule has 3 heterocycles. The molecule has 1 aromatic carbocycles. The first-order valence-corrected chi connectivity index (χ1v) is 11.9. The van der Waals surface area contributed by atoms with Crippen LogP contribution in [0.1, 0.15) is 35.6 Å². The number of nitrogens with zero attached hydrogens (tertiary/aromatic N) is 4. The van der Waals surface area contributed by atoms with Crippen LogP contribution in [0.15, 0.2) is 73.2 Å². The van der Waals surface area contributed by atoms with Gasteiger partial charge in [-0.2, -0.15) is 5.26 Å². The second kappa shape index (κ2) is 10.9. The van der Waals surface area contributed by atoms with Gasteiger partial charge in [0.1, 0.15) is 5.69 Å². The molecule has 38 heavy (non-hydrogen) atoms. The molecule has 0 fully saturated rings. The maximum absolute atomic E-state index is 12.7. The minimum Gasteiger partial charge on any atom is -0.354 e. The van der Waals surface area contributed by atoms with Crippen LogP contribution in [0.5, 0.6) is 0 Å². The summed E-state index contributed by atoms with van der Waals surface area (Å²) in [6.07, 6.45) is 4.85. The van der Waals surface area contributed by atoms with Crippen LogP contribution in [0.3, 0.4) is 0 Å². The molecule has 0 radical (unpaired) electrons. The van der Waals surface area contributed by atoms with Crippen molar-refractivity contribution in [2.45, 2.75) is 26.2 Å². The number of nitriles is 1. The Balaban J connectivity index is 1.56. The molecule has 9 nitrogen and oxygen atoms in total. The molecule has 0 saturated heterocycles. The average Bonchev–Trinajstić information content (AvgIpc) is 2.94. The standard InChI is InChI=1S/C29H27N7O2/c1-18-5-6-21(35-28(38)36-22-9-12-34-26(16-22)29(2,3)17-30)15-23(18)19-7-10-32-24(13-19)20-8-11-33-25(14-20)27(37)31-4/h5-16H,1-4H3,(H,31,37)(H2,34,35,36,38). The van der Waals surface area contributed by atoms with Crippen molar-refractivity contribution < 1.29 is 9.59 Å². The zero-order chi connectivity index (χ0) is 27.3. The lowest BCUT2D eigenvalue weighted by Gasteiger charge is -2.16. The molecule has 0 aliphatic heterocycles. The van der Waals surface area contributed by atoms with E-state index in [4.69, 9.17) is 0 Å². The third-order valence-corrected chi connectivity index (χ3v) is 6.02. The summed E-state index contributed by atoms with van der Waals surface area (Å²) in [7, 11) is 1.56. The van der Waals surface area contributed by atoms with E-state index in [0.29, 0.717) is 28.5 Å². The van der Waals surface area contributed by atoms with Crippen LogP contribution in [0.4, 0.5) is 16.2 Å². The Morgan fingerprint density at radius 3 is 2.26 bits per heavy atom. The number of hydrogen-bond acceptors (Lipinski definition) is 6. The largest absolute Gasteiger partial charge is 0.354 e.